The van der Waals surface area contributed by atoms with Gasteiger partial charge in [-0.05, 0) is 36.9 Å². The molecular weight excluding hydrogens is 300 g/mol. The maximum Gasteiger partial charge on any atom is 0.173 e. The van der Waals surface area contributed by atoms with Gasteiger partial charge in [-0.2, -0.15) is 0 Å². The van der Waals surface area contributed by atoms with Crippen molar-refractivity contribution in [3.63, 3.8) is 0 Å². The van der Waals surface area contributed by atoms with E-state index in [9.17, 15) is 4.79 Å². The van der Waals surface area contributed by atoms with Crippen LogP contribution < -0.4 is 0 Å². The molecule has 5 heteroatoms. The van der Waals surface area contributed by atoms with Crippen molar-refractivity contribution in [3.05, 3.63) is 52.7 Å². The van der Waals surface area contributed by atoms with Gasteiger partial charge in [0.15, 0.2) is 5.78 Å². The van der Waals surface area contributed by atoms with Crippen LogP contribution in [0.4, 0.5) is 0 Å². The maximum atomic E-state index is 12.4. The average Bonchev–Trinajstić information content (AvgIpc) is 2.96. The smallest absolute Gasteiger partial charge is 0.173 e. The number of aryl methyl sites for hydroxylation is 2. The highest BCUT2D eigenvalue weighted by Crippen LogP contribution is 2.29. The maximum absolute atomic E-state index is 12.4. The van der Waals surface area contributed by atoms with Gasteiger partial charge in [0.1, 0.15) is 11.4 Å². The van der Waals surface area contributed by atoms with Gasteiger partial charge >= 0.3 is 0 Å². The Morgan fingerprint density at radius 3 is 2.95 bits per heavy atom. The number of nitrogens with zero attached hydrogens (tertiary/aromatic N) is 2. The van der Waals surface area contributed by atoms with Crippen molar-refractivity contribution >= 4 is 39.1 Å². The standard InChI is InChI=1S/C16H14N2OS2/c1-10-3-4-11(2)12(7-10)14(19)8-21-16-15-13(5-6-20-15)17-9-18-16/h3-7,9H,8H2,1-2H3. The fourth-order valence-corrected chi connectivity index (χ4v) is 3.95. The molecule has 0 atom stereocenters. The van der Waals surface area contributed by atoms with E-state index in [0.29, 0.717) is 5.75 Å². The summed E-state index contributed by atoms with van der Waals surface area (Å²) in [6, 6.07) is 7.95. The molecule has 0 saturated heterocycles. The summed E-state index contributed by atoms with van der Waals surface area (Å²) in [7, 11) is 0. The number of thiophene rings is 1. The molecule has 3 aromatic rings. The van der Waals surface area contributed by atoms with E-state index in [2.05, 4.69) is 9.97 Å². The third-order valence-corrected chi connectivity index (χ3v) is 5.27. The Kier molecular flexibility index (Phi) is 4.03. The second kappa shape index (κ2) is 5.95. The molecule has 0 bridgehead atoms. The van der Waals surface area contributed by atoms with E-state index in [1.165, 1.54) is 11.8 Å². The van der Waals surface area contributed by atoms with Crippen molar-refractivity contribution < 1.29 is 4.79 Å². The first-order valence-electron chi connectivity index (χ1n) is 6.56. The van der Waals surface area contributed by atoms with Crippen molar-refractivity contribution in [2.75, 3.05) is 5.75 Å². The topological polar surface area (TPSA) is 42.9 Å². The van der Waals surface area contributed by atoms with Crippen LogP contribution in [0.25, 0.3) is 10.2 Å². The lowest BCUT2D eigenvalue weighted by Gasteiger charge is -2.06. The zero-order valence-corrected chi connectivity index (χ0v) is 13.4. The molecular formula is C16H14N2OS2. The summed E-state index contributed by atoms with van der Waals surface area (Å²) in [5.74, 6) is 0.540. The van der Waals surface area contributed by atoms with Crippen molar-refractivity contribution in [1.82, 2.24) is 9.97 Å². The predicted molar refractivity (Wildman–Crippen MR) is 88.4 cm³/mol. The number of fused-ring (bicyclic) bond motifs is 1. The van der Waals surface area contributed by atoms with Gasteiger partial charge in [-0.3, -0.25) is 4.79 Å². The Morgan fingerprint density at radius 2 is 2.10 bits per heavy atom. The van der Waals surface area contributed by atoms with E-state index in [0.717, 1.165) is 31.9 Å². The van der Waals surface area contributed by atoms with Gasteiger partial charge < -0.3 is 0 Å². The fraction of sp³-hybridized carbons (Fsp3) is 0.188. The summed E-state index contributed by atoms with van der Waals surface area (Å²) >= 11 is 3.09. The molecule has 0 aliphatic rings. The first-order chi connectivity index (χ1) is 10.1. The summed E-state index contributed by atoms with van der Waals surface area (Å²) in [5, 5.41) is 2.88. The summed E-state index contributed by atoms with van der Waals surface area (Å²) in [4.78, 5) is 20.9. The van der Waals surface area contributed by atoms with Crippen LogP contribution in [-0.4, -0.2) is 21.5 Å². The Bertz CT molecular complexity index is 811. The van der Waals surface area contributed by atoms with Crippen molar-refractivity contribution in [3.8, 4) is 0 Å². The van der Waals surface area contributed by atoms with Crippen LogP contribution in [0.2, 0.25) is 0 Å². The molecule has 0 aliphatic carbocycles. The van der Waals surface area contributed by atoms with Crippen LogP contribution in [0.3, 0.4) is 0 Å². The molecule has 0 saturated carbocycles. The number of benzene rings is 1. The highest BCUT2D eigenvalue weighted by atomic mass is 32.2. The normalized spacial score (nSPS) is 11.0. The second-order valence-corrected chi connectivity index (χ2v) is 6.72. The third kappa shape index (κ3) is 2.99. The first-order valence-corrected chi connectivity index (χ1v) is 8.43. The number of rotatable bonds is 4. The number of ketones is 1. The van der Waals surface area contributed by atoms with Gasteiger partial charge in [0, 0.05) is 5.56 Å². The lowest BCUT2D eigenvalue weighted by atomic mass is 10.0. The molecule has 2 aromatic heterocycles. The molecule has 0 spiro atoms. The number of thioether (sulfide) groups is 1. The predicted octanol–water partition coefficient (Wildman–Crippen LogP) is 4.28. The number of hydrogen-bond donors (Lipinski definition) is 0. The molecule has 1 aromatic carbocycles. The van der Waals surface area contributed by atoms with Gasteiger partial charge in [0.25, 0.3) is 0 Å². The molecule has 106 valence electrons. The van der Waals surface area contributed by atoms with Gasteiger partial charge in [0.2, 0.25) is 0 Å². The van der Waals surface area contributed by atoms with Crippen LogP contribution in [0.5, 0.6) is 0 Å². The van der Waals surface area contributed by atoms with E-state index in [-0.39, 0.29) is 5.78 Å². The lowest BCUT2D eigenvalue weighted by molar-refractivity contribution is 0.102. The molecule has 0 amide bonds. The molecule has 21 heavy (non-hydrogen) atoms. The molecule has 3 rings (SSSR count). The van der Waals surface area contributed by atoms with Gasteiger partial charge in [-0.15, -0.1) is 11.3 Å². The van der Waals surface area contributed by atoms with Crippen LogP contribution in [0, 0.1) is 13.8 Å². The van der Waals surface area contributed by atoms with Crippen LogP contribution in [0.1, 0.15) is 21.5 Å². The summed E-state index contributed by atoms with van der Waals surface area (Å²) < 4.78 is 1.05. The largest absolute Gasteiger partial charge is 0.293 e. The van der Waals surface area contributed by atoms with Crippen LogP contribution in [0.15, 0.2) is 41.0 Å². The Balaban J connectivity index is 1.80. The second-order valence-electron chi connectivity index (χ2n) is 4.84. The minimum Gasteiger partial charge on any atom is -0.293 e. The quantitative estimate of drug-likeness (QED) is 0.409. The van der Waals surface area contributed by atoms with Crippen molar-refractivity contribution in [2.24, 2.45) is 0 Å². The molecule has 3 nitrogen and oxygen atoms in total. The summed E-state index contributed by atoms with van der Waals surface area (Å²) in [6.45, 7) is 3.97. The molecule has 0 unspecified atom stereocenters. The number of carbonyl (C=O) groups is 1. The SMILES string of the molecule is Cc1ccc(C)c(C(=O)CSc2ncnc3ccsc23)c1. The highest BCUT2D eigenvalue weighted by Gasteiger charge is 2.12. The molecule has 0 fully saturated rings. The van der Waals surface area contributed by atoms with Crippen LogP contribution in [-0.2, 0) is 0 Å². The Hall–Kier alpha value is -1.72. The molecule has 0 radical (unpaired) electrons. The van der Waals surface area contributed by atoms with E-state index in [1.54, 1.807) is 17.7 Å². The monoisotopic (exact) mass is 314 g/mol. The number of hydrogen-bond acceptors (Lipinski definition) is 5. The average molecular weight is 314 g/mol. The van der Waals surface area contributed by atoms with E-state index >= 15 is 0 Å². The van der Waals surface area contributed by atoms with E-state index < -0.39 is 0 Å². The lowest BCUT2D eigenvalue weighted by Crippen LogP contribution is -2.05. The third-order valence-electron chi connectivity index (χ3n) is 3.24. The zero-order chi connectivity index (χ0) is 14.8. The summed E-state index contributed by atoms with van der Waals surface area (Å²) in [6.07, 6.45) is 1.56. The van der Waals surface area contributed by atoms with Crippen molar-refractivity contribution in [1.29, 1.82) is 0 Å². The number of Topliss-reactive ketones (excluding diaryl/α,β-unsaturated/α-hetero) is 1. The molecule has 0 N–H and O–H groups in total. The first kappa shape index (κ1) is 14.2. The van der Waals surface area contributed by atoms with Gasteiger partial charge in [0.05, 0.1) is 16.0 Å². The highest BCUT2D eigenvalue weighted by molar-refractivity contribution is 8.00. The number of aromatic nitrogens is 2. The Morgan fingerprint density at radius 1 is 1.24 bits per heavy atom. The zero-order valence-electron chi connectivity index (χ0n) is 11.8. The Labute approximate surface area is 131 Å². The van der Waals surface area contributed by atoms with E-state index in [4.69, 9.17) is 0 Å². The minimum absolute atomic E-state index is 0.143. The van der Waals surface area contributed by atoms with Gasteiger partial charge in [-0.25, -0.2) is 9.97 Å². The molecule has 2 heterocycles. The van der Waals surface area contributed by atoms with Crippen LogP contribution >= 0.6 is 23.1 Å². The van der Waals surface area contributed by atoms with Crippen molar-refractivity contribution in [2.45, 2.75) is 18.9 Å². The van der Waals surface area contributed by atoms with E-state index in [1.807, 2.05) is 43.5 Å². The fourth-order valence-electron chi connectivity index (χ4n) is 2.12. The minimum atomic E-state index is 0.143. The molecule has 0 aliphatic heterocycles. The van der Waals surface area contributed by atoms with Gasteiger partial charge in [-0.1, -0.05) is 29.5 Å². The summed E-state index contributed by atoms with van der Waals surface area (Å²) in [5.41, 5.74) is 3.88. The number of carbonyl (C=O) groups excluding carboxylic acids is 1.